The molecular formula is C15H15F3N4O. The lowest BCUT2D eigenvalue weighted by molar-refractivity contribution is 0.102. The van der Waals surface area contributed by atoms with E-state index in [1.807, 2.05) is 0 Å². The number of carbonyl (C=O) groups is 1. The molecular weight excluding hydrogens is 309 g/mol. The Bertz CT molecular complexity index is 692. The maximum Gasteiger partial charge on any atom is 0.259 e. The second-order valence-corrected chi connectivity index (χ2v) is 4.76. The summed E-state index contributed by atoms with van der Waals surface area (Å²) in [6, 6.07) is 4.60. The van der Waals surface area contributed by atoms with Gasteiger partial charge in [0.05, 0.1) is 5.56 Å². The number of unbranched alkanes of at least 4 members (excludes halogenated alkanes) is 1. The predicted molar refractivity (Wildman–Crippen MR) is 79.7 cm³/mol. The van der Waals surface area contributed by atoms with Crippen LogP contribution in [-0.4, -0.2) is 22.6 Å². The standard InChI is InChI=1S/C15H15F3N4O/c1-2-3-8-19-11-6-7-12(22-21-11)20-15(23)9-4-5-10(16)14(18)13(9)17/h4-7H,2-3,8H2,1H3,(H,19,21)(H,20,22,23). The molecule has 0 saturated carbocycles. The molecule has 0 spiro atoms. The summed E-state index contributed by atoms with van der Waals surface area (Å²) in [6.45, 7) is 2.81. The van der Waals surface area contributed by atoms with Crippen LogP contribution in [0.2, 0.25) is 0 Å². The van der Waals surface area contributed by atoms with Crippen LogP contribution in [0.5, 0.6) is 0 Å². The molecule has 1 amide bonds. The third-order valence-corrected chi connectivity index (χ3v) is 3.02. The Balaban J connectivity index is 2.04. The molecule has 0 atom stereocenters. The van der Waals surface area contributed by atoms with E-state index in [9.17, 15) is 18.0 Å². The van der Waals surface area contributed by atoms with Crippen molar-refractivity contribution in [2.45, 2.75) is 19.8 Å². The van der Waals surface area contributed by atoms with E-state index in [0.29, 0.717) is 11.9 Å². The molecule has 5 nitrogen and oxygen atoms in total. The third kappa shape index (κ3) is 4.18. The first-order valence-electron chi connectivity index (χ1n) is 7.05. The van der Waals surface area contributed by atoms with Crippen molar-refractivity contribution in [3.8, 4) is 0 Å². The second kappa shape index (κ2) is 7.57. The molecule has 0 aliphatic rings. The van der Waals surface area contributed by atoms with E-state index < -0.39 is 28.9 Å². The van der Waals surface area contributed by atoms with Gasteiger partial charge in [0, 0.05) is 6.54 Å². The lowest BCUT2D eigenvalue weighted by Gasteiger charge is -2.07. The molecule has 0 unspecified atom stereocenters. The number of benzene rings is 1. The van der Waals surface area contributed by atoms with Crippen molar-refractivity contribution in [3.63, 3.8) is 0 Å². The van der Waals surface area contributed by atoms with Gasteiger partial charge in [-0.3, -0.25) is 4.79 Å². The van der Waals surface area contributed by atoms with Gasteiger partial charge in [-0.2, -0.15) is 0 Å². The van der Waals surface area contributed by atoms with Gasteiger partial charge >= 0.3 is 0 Å². The lowest BCUT2D eigenvalue weighted by Crippen LogP contribution is -2.16. The summed E-state index contributed by atoms with van der Waals surface area (Å²) in [4.78, 5) is 11.9. The van der Waals surface area contributed by atoms with Crippen LogP contribution in [-0.2, 0) is 0 Å². The molecule has 1 heterocycles. The monoisotopic (exact) mass is 324 g/mol. The zero-order valence-electron chi connectivity index (χ0n) is 12.4. The fourth-order valence-electron chi connectivity index (χ4n) is 1.77. The highest BCUT2D eigenvalue weighted by Crippen LogP contribution is 2.16. The predicted octanol–water partition coefficient (Wildman–Crippen LogP) is 3.36. The first kappa shape index (κ1) is 16.7. The van der Waals surface area contributed by atoms with E-state index in [1.165, 1.54) is 6.07 Å². The van der Waals surface area contributed by atoms with Crippen molar-refractivity contribution in [2.75, 3.05) is 17.2 Å². The van der Waals surface area contributed by atoms with Crippen LogP contribution in [0.15, 0.2) is 24.3 Å². The number of aromatic nitrogens is 2. The van der Waals surface area contributed by atoms with Crippen molar-refractivity contribution < 1.29 is 18.0 Å². The Morgan fingerprint density at radius 2 is 1.74 bits per heavy atom. The summed E-state index contributed by atoms with van der Waals surface area (Å²) in [7, 11) is 0. The number of anilines is 2. The van der Waals surface area contributed by atoms with Gasteiger partial charge in [-0.1, -0.05) is 13.3 Å². The molecule has 0 saturated heterocycles. The average molecular weight is 324 g/mol. The van der Waals surface area contributed by atoms with Gasteiger partial charge in [0.1, 0.15) is 5.82 Å². The van der Waals surface area contributed by atoms with Gasteiger partial charge < -0.3 is 10.6 Å². The molecule has 0 aliphatic carbocycles. The van der Waals surface area contributed by atoms with E-state index in [1.54, 1.807) is 6.07 Å². The number of carbonyl (C=O) groups excluding carboxylic acids is 1. The van der Waals surface area contributed by atoms with Gasteiger partial charge in [0.2, 0.25) is 0 Å². The highest BCUT2D eigenvalue weighted by atomic mass is 19.2. The summed E-state index contributed by atoms with van der Waals surface area (Å²) >= 11 is 0. The smallest absolute Gasteiger partial charge is 0.259 e. The number of nitrogens with one attached hydrogen (secondary N) is 2. The average Bonchev–Trinajstić information content (AvgIpc) is 2.54. The van der Waals surface area contributed by atoms with E-state index >= 15 is 0 Å². The number of amides is 1. The number of nitrogens with zero attached hydrogens (tertiary/aromatic N) is 2. The van der Waals surface area contributed by atoms with Crippen LogP contribution in [0.1, 0.15) is 30.1 Å². The van der Waals surface area contributed by atoms with E-state index in [0.717, 1.165) is 25.5 Å². The zero-order chi connectivity index (χ0) is 16.8. The molecule has 0 bridgehead atoms. The Morgan fingerprint density at radius 3 is 2.39 bits per heavy atom. The van der Waals surface area contributed by atoms with Crippen LogP contribution >= 0.6 is 0 Å². The number of hydrogen-bond acceptors (Lipinski definition) is 4. The first-order valence-corrected chi connectivity index (χ1v) is 7.05. The van der Waals surface area contributed by atoms with Crippen LogP contribution in [0.25, 0.3) is 0 Å². The molecule has 23 heavy (non-hydrogen) atoms. The van der Waals surface area contributed by atoms with E-state index in [-0.39, 0.29) is 5.82 Å². The second-order valence-electron chi connectivity index (χ2n) is 4.76. The zero-order valence-corrected chi connectivity index (χ0v) is 12.4. The maximum atomic E-state index is 13.5. The fraction of sp³-hybridized carbons (Fsp3) is 0.267. The summed E-state index contributed by atoms with van der Waals surface area (Å²) < 4.78 is 39.5. The molecule has 8 heteroatoms. The van der Waals surface area contributed by atoms with E-state index in [2.05, 4.69) is 27.8 Å². The maximum absolute atomic E-state index is 13.5. The Hall–Kier alpha value is -2.64. The summed E-state index contributed by atoms with van der Waals surface area (Å²) in [5.74, 6) is -4.94. The topological polar surface area (TPSA) is 66.9 Å². The molecule has 1 aromatic carbocycles. The van der Waals surface area contributed by atoms with Crippen LogP contribution in [0.4, 0.5) is 24.8 Å². The minimum atomic E-state index is -1.70. The molecule has 1 aromatic heterocycles. The summed E-state index contributed by atoms with van der Waals surface area (Å²) in [5.41, 5.74) is -0.615. The molecule has 0 aliphatic heterocycles. The highest BCUT2D eigenvalue weighted by molar-refractivity contribution is 6.03. The van der Waals surface area contributed by atoms with E-state index in [4.69, 9.17) is 0 Å². The molecule has 0 radical (unpaired) electrons. The molecule has 122 valence electrons. The number of halogens is 3. The van der Waals surface area contributed by atoms with Gasteiger partial charge in [-0.15, -0.1) is 10.2 Å². The minimum absolute atomic E-state index is 0.0696. The molecule has 2 aromatic rings. The van der Waals surface area contributed by atoms with Crippen molar-refractivity contribution in [1.29, 1.82) is 0 Å². The van der Waals surface area contributed by atoms with Gasteiger partial charge in [-0.25, -0.2) is 13.2 Å². The quantitative estimate of drug-likeness (QED) is 0.631. The Morgan fingerprint density at radius 1 is 1.04 bits per heavy atom. The van der Waals surface area contributed by atoms with Crippen molar-refractivity contribution in [2.24, 2.45) is 0 Å². The Labute approximate surface area is 130 Å². The summed E-state index contributed by atoms with van der Waals surface area (Å²) in [6.07, 6.45) is 2.02. The van der Waals surface area contributed by atoms with Crippen LogP contribution < -0.4 is 10.6 Å². The first-order chi connectivity index (χ1) is 11.0. The van der Waals surface area contributed by atoms with Crippen LogP contribution in [0.3, 0.4) is 0 Å². The fourth-order valence-corrected chi connectivity index (χ4v) is 1.77. The van der Waals surface area contributed by atoms with Gasteiger partial charge in [-0.05, 0) is 30.7 Å². The minimum Gasteiger partial charge on any atom is -0.369 e. The van der Waals surface area contributed by atoms with Crippen molar-refractivity contribution in [3.05, 3.63) is 47.3 Å². The van der Waals surface area contributed by atoms with Gasteiger partial charge in [0.25, 0.3) is 5.91 Å². The van der Waals surface area contributed by atoms with Gasteiger partial charge in [0.15, 0.2) is 23.3 Å². The molecule has 2 N–H and O–H groups in total. The molecule has 2 rings (SSSR count). The largest absolute Gasteiger partial charge is 0.369 e. The molecule has 0 fully saturated rings. The summed E-state index contributed by atoms with van der Waals surface area (Å²) in [5, 5.41) is 12.9. The third-order valence-electron chi connectivity index (χ3n) is 3.02. The SMILES string of the molecule is CCCCNc1ccc(NC(=O)c2ccc(F)c(F)c2F)nn1. The van der Waals surface area contributed by atoms with Crippen molar-refractivity contribution >= 4 is 17.5 Å². The number of hydrogen-bond donors (Lipinski definition) is 2. The normalized spacial score (nSPS) is 10.4. The lowest BCUT2D eigenvalue weighted by atomic mass is 10.2. The van der Waals surface area contributed by atoms with Crippen LogP contribution in [0, 0.1) is 17.5 Å². The highest BCUT2D eigenvalue weighted by Gasteiger charge is 2.19. The Kier molecular flexibility index (Phi) is 5.51. The number of rotatable bonds is 6. The van der Waals surface area contributed by atoms with Crippen molar-refractivity contribution in [1.82, 2.24) is 10.2 Å².